The van der Waals surface area contributed by atoms with Gasteiger partial charge in [0.25, 0.3) is 5.91 Å². The van der Waals surface area contributed by atoms with E-state index in [1.165, 1.54) is 0 Å². The van der Waals surface area contributed by atoms with Gasteiger partial charge in [-0.15, -0.1) is 0 Å². The molecule has 1 aromatic carbocycles. The fraction of sp³-hybridized carbons (Fsp3) is 0.579. The van der Waals surface area contributed by atoms with Crippen LogP contribution < -0.4 is 4.74 Å². The SMILES string of the molecule is C[C@H]1C(=O)N(C)CCN1Cc1ccc(OCC(=O)N2CCOCC2)cc1. The molecule has 0 aromatic heterocycles. The van der Waals surface area contributed by atoms with Crippen molar-refractivity contribution >= 4 is 11.8 Å². The molecule has 0 radical (unpaired) electrons. The summed E-state index contributed by atoms with van der Waals surface area (Å²) < 4.78 is 10.9. The maximum Gasteiger partial charge on any atom is 0.260 e. The molecule has 0 unspecified atom stereocenters. The van der Waals surface area contributed by atoms with Crippen molar-refractivity contribution in [1.82, 2.24) is 14.7 Å². The van der Waals surface area contributed by atoms with E-state index in [1.807, 2.05) is 38.2 Å². The normalized spacial score (nSPS) is 21.8. The van der Waals surface area contributed by atoms with Crippen LogP contribution in [0.5, 0.6) is 5.75 Å². The van der Waals surface area contributed by atoms with Gasteiger partial charge in [0.1, 0.15) is 5.75 Å². The Kier molecular flexibility index (Phi) is 6.11. The van der Waals surface area contributed by atoms with Crippen molar-refractivity contribution in [2.45, 2.75) is 19.5 Å². The predicted molar refractivity (Wildman–Crippen MR) is 96.8 cm³/mol. The number of carbonyl (C=O) groups excluding carboxylic acids is 2. The minimum Gasteiger partial charge on any atom is -0.484 e. The van der Waals surface area contributed by atoms with Crippen LogP contribution in [-0.4, -0.2) is 85.6 Å². The van der Waals surface area contributed by atoms with Gasteiger partial charge in [0, 0.05) is 39.8 Å². The summed E-state index contributed by atoms with van der Waals surface area (Å²) in [6, 6.07) is 7.64. The van der Waals surface area contributed by atoms with E-state index in [4.69, 9.17) is 9.47 Å². The van der Waals surface area contributed by atoms with Crippen molar-refractivity contribution < 1.29 is 19.1 Å². The van der Waals surface area contributed by atoms with Crippen LogP contribution in [0.1, 0.15) is 12.5 Å². The summed E-state index contributed by atoms with van der Waals surface area (Å²) >= 11 is 0. The van der Waals surface area contributed by atoms with Crippen molar-refractivity contribution in [2.75, 3.05) is 53.0 Å². The minimum atomic E-state index is -0.101. The first-order chi connectivity index (χ1) is 12.5. The van der Waals surface area contributed by atoms with E-state index in [0.29, 0.717) is 32.1 Å². The highest BCUT2D eigenvalue weighted by Gasteiger charge is 2.29. The van der Waals surface area contributed by atoms with Crippen LogP contribution in [-0.2, 0) is 20.9 Å². The highest BCUT2D eigenvalue weighted by Crippen LogP contribution is 2.17. The number of likely N-dealkylation sites (N-methyl/N-ethyl adjacent to an activating group) is 1. The number of benzene rings is 1. The summed E-state index contributed by atoms with van der Waals surface area (Å²) in [5, 5.41) is 0. The van der Waals surface area contributed by atoms with Crippen molar-refractivity contribution in [3.05, 3.63) is 29.8 Å². The van der Waals surface area contributed by atoms with E-state index in [9.17, 15) is 9.59 Å². The first kappa shape index (κ1) is 18.7. The number of hydrogen-bond donors (Lipinski definition) is 0. The second-order valence-electron chi connectivity index (χ2n) is 6.83. The fourth-order valence-corrected chi connectivity index (χ4v) is 3.25. The van der Waals surface area contributed by atoms with Crippen LogP contribution in [0, 0.1) is 0 Å². The standard InChI is InChI=1S/C19H27N3O4/c1-15-19(24)20(2)7-8-22(15)13-16-3-5-17(6-4-16)26-14-18(23)21-9-11-25-12-10-21/h3-6,15H,7-14H2,1-2H3/t15-/m0/s1. The molecule has 2 amide bonds. The third-order valence-electron chi connectivity index (χ3n) is 5.04. The van der Waals surface area contributed by atoms with Gasteiger partial charge in [-0.25, -0.2) is 0 Å². The van der Waals surface area contributed by atoms with Crippen molar-refractivity contribution in [3.8, 4) is 5.75 Å². The van der Waals surface area contributed by atoms with Crippen LogP contribution in [0.15, 0.2) is 24.3 Å². The van der Waals surface area contributed by atoms with Gasteiger partial charge in [-0.2, -0.15) is 0 Å². The molecule has 7 nitrogen and oxygen atoms in total. The van der Waals surface area contributed by atoms with Gasteiger partial charge in [0.2, 0.25) is 5.91 Å². The number of ether oxygens (including phenoxy) is 2. The van der Waals surface area contributed by atoms with E-state index in [0.717, 1.165) is 25.2 Å². The van der Waals surface area contributed by atoms with Gasteiger partial charge in [-0.1, -0.05) is 12.1 Å². The van der Waals surface area contributed by atoms with Gasteiger partial charge >= 0.3 is 0 Å². The fourth-order valence-electron chi connectivity index (χ4n) is 3.25. The lowest BCUT2D eigenvalue weighted by Gasteiger charge is -2.37. The number of carbonyl (C=O) groups is 2. The molecular weight excluding hydrogens is 334 g/mol. The van der Waals surface area contributed by atoms with Gasteiger partial charge < -0.3 is 19.3 Å². The highest BCUT2D eigenvalue weighted by atomic mass is 16.5. The van der Waals surface area contributed by atoms with E-state index >= 15 is 0 Å². The summed E-state index contributed by atoms with van der Waals surface area (Å²) in [6.45, 7) is 6.79. The number of nitrogens with zero attached hydrogens (tertiary/aromatic N) is 3. The molecular formula is C19H27N3O4. The lowest BCUT2D eigenvalue weighted by molar-refractivity contribution is -0.139. The molecule has 142 valence electrons. The molecule has 1 atom stereocenters. The molecule has 0 spiro atoms. The lowest BCUT2D eigenvalue weighted by Crippen LogP contribution is -2.53. The maximum atomic E-state index is 12.1. The maximum absolute atomic E-state index is 12.1. The summed E-state index contributed by atoms with van der Waals surface area (Å²) in [5.41, 5.74) is 1.13. The van der Waals surface area contributed by atoms with Crippen LogP contribution in [0.2, 0.25) is 0 Å². The second-order valence-corrected chi connectivity index (χ2v) is 6.83. The number of morpholine rings is 1. The van der Waals surface area contributed by atoms with E-state index < -0.39 is 0 Å². The Morgan fingerprint density at radius 2 is 1.85 bits per heavy atom. The zero-order valence-electron chi connectivity index (χ0n) is 15.5. The monoisotopic (exact) mass is 361 g/mol. The number of piperazine rings is 1. The molecule has 0 bridgehead atoms. The molecule has 26 heavy (non-hydrogen) atoms. The van der Waals surface area contributed by atoms with E-state index in [1.54, 1.807) is 9.80 Å². The molecule has 7 heteroatoms. The van der Waals surface area contributed by atoms with E-state index in [-0.39, 0.29) is 24.5 Å². The molecule has 2 fully saturated rings. The van der Waals surface area contributed by atoms with Crippen LogP contribution in [0.4, 0.5) is 0 Å². The summed E-state index contributed by atoms with van der Waals surface area (Å²) in [4.78, 5) is 29.9. The molecule has 1 aromatic rings. The molecule has 3 rings (SSSR count). The van der Waals surface area contributed by atoms with Crippen LogP contribution >= 0.6 is 0 Å². The Labute approximate surface area is 154 Å². The van der Waals surface area contributed by atoms with Gasteiger partial charge in [0.05, 0.1) is 19.3 Å². The van der Waals surface area contributed by atoms with Crippen molar-refractivity contribution in [1.29, 1.82) is 0 Å². The Morgan fingerprint density at radius 1 is 1.15 bits per heavy atom. The predicted octanol–water partition coefficient (Wildman–Crippen LogP) is 0.587. The number of hydrogen-bond acceptors (Lipinski definition) is 5. The second kappa shape index (κ2) is 8.51. The lowest BCUT2D eigenvalue weighted by atomic mass is 10.1. The topological polar surface area (TPSA) is 62.3 Å². The largest absolute Gasteiger partial charge is 0.484 e. The molecule has 0 N–H and O–H groups in total. The van der Waals surface area contributed by atoms with Crippen molar-refractivity contribution in [2.24, 2.45) is 0 Å². The van der Waals surface area contributed by atoms with Crippen LogP contribution in [0.3, 0.4) is 0 Å². The third-order valence-corrected chi connectivity index (χ3v) is 5.04. The Balaban J connectivity index is 1.49. The first-order valence-electron chi connectivity index (χ1n) is 9.11. The average Bonchev–Trinajstić information content (AvgIpc) is 2.68. The van der Waals surface area contributed by atoms with E-state index in [2.05, 4.69) is 4.90 Å². The molecule has 2 aliphatic heterocycles. The van der Waals surface area contributed by atoms with Gasteiger partial charge in [-0.3, -0.25) is 14.5 Å². The van der Waals surface area contributed by atoms with Gasteiger partial charge in [-0.05, 0) is 24.6 Å². The van der Waals surface area contributed by atoms with Gasteiger partial charge in [0.15, 0.2) is 6.61 Å². The molecule has 0 aliphatic carbocycles. The van der Waals surface area contributed by atoms with Crippen molar-refractivity contribution in [3.63, 3.8) is 0 Å². The highest BCUT2D eigenvalue weighted by molar-refractivity contribution is 5.82. The first-order valence-corrected chi connectivity index (χ1v) is 9.11. The summed E-state index contributed by atoms with van der Waals surface area (Å²) in [5.74, 6) is 0.831. The smallest absolute Gasteiger partial charge is 0.260 e. The zero-order valence-corrected chi connectivity index (χ0v) is 15.5. The molecule has 2 saturated heterocycles. The zero-order chi connectivity index (χ0) is 18.5. The molecule has 2 aliphatic rings. The quantitative estimate of drug-likeness (QED) is 0.768. The summed E-state index contributed by atoms with van der Waals surface area (Å²) in [6.07, 6.45) is 0. The Morgan fingerprint density at radius 3 is 2.54 bits per heavy atom. The Bertz CT molecular complexity index is 628. The minimum absolute atomic E-state index is 0.0119. The Hall–Kier alpha value is -2.12. The molecule has 2 heterocycles. The summed E-state index contributed by atoms with van der Waals surface area (Å²) in [7, 11) is 1.85. The molecule has 0 saturated carbocycles. The van der Waals surface area contributed by atoms with Crippen LogP contribution in [0.25, 0.3) is 0 Å². The number of rotatable bonds is 5. The number of amides is 2. The average molecular weight is 361 g/mol. The third kappa shape index (κ3) is 4.53.